The Bertz CT molecular complexity index is 758. The van der Waals surface area contributed by atoms with Crippen LogP contribution in [0.2, 0.25) is 0 Å². The van der Waals surface area contributed by atoms with Gasteiger partial charge in [-0.1, -0.05) is 11.8 Å². The molecule has 0 atom stereocenters. The van der Waals surface area contributed by atoms with E-state index in [9.17, 15) is 9.59 Å². The van der Waals surface area contributed by atoms with Crippen molar-refractivity contribution in [1.82, 2.24) is 19.9 Å². The lowest BCUT2D eigenvalue weighted by Crippen LogP contribution is -2.40. The lowest BCUT2D eigenvalue weighted by molar-refractivity contribution is -0.122. The number of rotatable bonds is 5. The number of amides is 1. The number of nitrogens with one attached hydrogen (secondary N) is 1. The highest BCUT2D eigenvalue weighted by Gasteiger charge is 2.24. The van der Waals surface area contributed by atoms with Gasteiger partial charge in [0.15, 0.2) is 5.16 Å². The SMILES string of the molecule is NC(=O)C1CCN(c2nc(CSc3ncccn3)cc(=O)[nH]2)CC1. The predicted octanol–water partition coefficient (Wildman–Crippen LogP) is 0.554. The van der Waals surface area contributed by atoms with Crippen LogP contribution in [-0.2, 0) is 10.5 Å². The summed E-state index contributed by atoms with van der Waals surface area (Å²) in [5.74, 6) is 0.694. The molecule has 9 heteroatoms. The number of aromatic amines is 1. The van der Waals surface area contributed by atoms with Crippen molar-refractivity contribution in [3.8, 4) is 0 Å². The molecule has 0 radical (unpaired) electrons. The Hall–Kier alpha value is -2.42. The van der Waals surface area contributed by atoms with E-state index in [4.69, 9.17) is 5.73 Å². The molecule has 0 aliphatic carbocycles. The Morgan fingerprint density at radius 3 is 2.71 bits per heavy atom. The van der Waals surface area contributed by atoms with Crippen molar-refractivity contribution in [3.63, 3.8) is 0 Å². The van der Waals surface area contributed by atoms with Crippen molar-refractivity contribution in [1.29, 1.82) is 0 Å². The van der Waals surface area contributed by atoms with Crippen molar-refractivity contribution >= 4 is 23.6 Å². The first-order chi connectivity index (χ1) is 11.6. The van der Waals surface area contributed by atoms with Gasteiger partial charge in [0.2, 0.25) is 11.9 Å². The van der Waals surface area contributed by atoms with E-state index in [1.54, 1.807) is 18.5 Å². The van der Waals surface area contributed by atoms with Crippen LogP contribution >= 0.6 is 11.8 Å². The minimum absolute atomic E-state index is 0.0954. The number of hydrogen-bond acceptors (Lipinski definition) is 7. The number of carbonyl (C=O) groups excluding carboxylic acids is 1. The minimum Gasteiger partial charge on any atom is -0.369 e. The molecule has 3 heterocycles. The molecule has 0 spiro atoms. The Balaban J connectivity index is 1.68. The van der Waals surface area contributed by atoms with Gasteiger partial charge in [-0.15, -0.1) is 0 Å². The zero-order chi connectivity index (χ0) is 16.9. The molecule has 1 amide bonds. The van der Waals surface area contributed by atoms with E-state index in [1.807, 2.05) is 4.90 Å². The molecule has 1 saturated heterocycles. The Labute approximate surface area is 142 Å². The molecule has 1 aliphatic heterocycles. The number of piperidine rings is 1. The van der Waals surface area contributed by atoms with Gasteiger partial charge in [0, 0.05) is 43.2 Å². The van der Waals surface area contributed by atoms with Crippen LogP contribution < -0.4 is 16.2 Å². The number of thioether (sulfide) groups is 1. The van der Waals surface area contributed by atoms with E-state index in [0.717, 1.165) is 0 Å². The van der Waals surface area contributed by atoms with Gasteiger partial charge in [0.05, 0.1) is 5.69 Å². The van der Waals surface area contributed by atoms with Crippen LogP contribution in [0.5, 0.6) is 0 Å². The van der Waals surface area contributed by atoms with E-state index >= 15 is 0 Å². The smallest absolute Gasteiger partial charge is 0.252 e. The molecule has 24 heavy (non-hydrogen) atoms. The number of hydrogen-bond donors (Lipinski definition) is 2. The summed E-state index contributed by atoms with van der Waals surface area (Å²) >= 11 is 1.42. The average Bonchev–Trinajstić information content (AvgIpc) is 2.60. The maximum Gasteiger partial charge on any atom is 0.252 e. The summed E-state index contributed by atoms with van der Waals surface area (Å²) in [6.45, 7) is 1.30. The summed E-state index contributed by atoms with van der Waals surface area (Å²) in [5, 5.41) is 0.642. The van der Waals surface area contributed by atoms with Crippen LogP contribution in [0.4, 0.5) is 5.95 Å². The number of aromatic nitrogens is 4. The molecule has 1 aliphatic rings. The first kappa shape index (κ1) is 16.4. The normalized spacial score (nSPS) is 15.4. The Kier molecular flexibility index (Phi) is 5.09. The topological polar surface area (TPSA) is 118 Å². The van der Waals surface area contributed by atoms with Crippen molar-refractivity contribution < 1.29 is 4.79 Å². The fraction of sp³-hybridized carbons (Fsp3) is 0.400. The largest absolute Gasteiger partial charge is 0.369 e. The Morgan fingerprint density at radius 1 is 1.33 bits per heavy atom. The zero-order valence-electron chi connectivity index (χ0n) is 13.0. The molecule has 126 valence electrons. The van der Waals surface area contributed by atoms with Crippen molar-refractivity contribution in [2.75, 3.05) is 18.0 Å². The highest BCUT2D eigenvalue weighted by atomic mass is 32.2. The first-order valence-corrected chi connectivity index (χ1v) is 8.64. The molecule has 3 N–H and O–H groups in total. The molecule has 1 fully saturated rings. The molecule has 0 unspecified atom stereocenters. The number of anilines is 1. The van der Waals surface area contributed by atoms with Crippen molar-refractivity contribution in [3.05, 3.63) is 40.6 Å². The predicted molar refractivity (Wildman–Crippen MR) is 90.6 cm³/mol. The second-order valence-corrected chi connectivity index (χ2v) is 6.49. The van der Waals surface area contributed by atoms with Crippen molar-refractivity contribution in [2.24, 2.45) is 11.7 Å². The molecule has 8 nitrogen and oxygen atoms in total. The first-order valence-electron chi connectivity index (χ1n) is 7.66. The van der Waals surface area contributed by atoms with Gasteiger partial charge < -0.3 is 10.6 Å². The molecule has 0 bridgehead atoms. The second-order valence-electron chi connectivity index (χ2n) is 5.54. The van der Waals surface area contributed by atoms with E-state index in [-0.39, 0.29) is 17.4 Å². The molecule has 2 aromatic heterocycles. The minimum atomic E-state index is -0.260. The van der Waals surface area contributed by atoms with Crippen LogP contribution in [0.3, 0.4) is 0 Å². The van der Waals surface area contributed by atoms with Gasteiger partial charge in [-0.2, -0.15) is 0 Å². The fourth-order valence-electron chi connectivity index (χ4n) is 2.59. The van der Waals surface area contributed by atoms with Gasteiger partial charge in [-0.05, 0) is 18.9 Å². The number of H-pyrrole nitrogens is 1. The van der Waals surface area contributed by atoms with Crippen LogP contribution in [0.1, 0.15) is 18.5 Å². The van der Waals surface area contributed by atoms with E-state index < -0.39 is 0 Å². The standard InChI is InChI=1S/C15H18N6O2S/c16-13(23)10-2-6-21(7-3-10)14-19-11(8-12(22)20-14)9-24-15-17-4-1-5-18-15/h1,4-5,8,10H,2-3,6-7,9H2,(H2,16,23)(H,19,20,22). The third-order valence-corrected chi connectivity index (χ3v) is 4.78. The number of nitrogens with two attached hydrogens (primary N) is 1. The van der Waals surface area contributed by atoms with E-state index in [1.165, 1.54) is 17.8 Å². The van der Waals surface area contributed by atoms with E-state index in [2.05, 4.69) is 19.9 Å². The lowest BCUT2D eigenvalue weighted by atomic mass is 9.96. The Morgan fingerprint density at radius 2 is 2.04 bits per heavy atom. The molecule has 3 rings (SSSR count). The molecular formula is C15H18N6O2S. The third kappa shape index (κ3) is 4.10. The summed E-state index contributed by atoms with van der Waals surface area (Å²) in [6, 6.07) is 3.24. The van der Waals surface area contributed by atoms with Gasteiger partial charge in [0.1, 0.15) is 0 Å². The highest BCUT2D eigenvalue weighted by Crippen LogP contribution is 2.21. The van der Waals surface area contributed by atoms with Crippen LogP contribution in [0.15, 0.2) is 34.5 Å². The zero-order valence-corrected chi connectivity index (χ0v) is 13.8. The second kappa shape index (κ2) is 7.43. The summed E-state index contributed by atoms with van der Waals surface area (Å²) < 4.78 is 0. The summed E-state index contributed by atoms with van der Waals surface area (Å²) in [5.41, 5.74) is 5.83. The van der Waals surface area contributed by atoms with Crippen LogP contribution in [0.25, 0.3) is 0 Å². The van der Waals surface area contributed by atoms with Gasteiger partial charge in [0.25, 0.3) is 5.56 Å². The van der Waals surface area contributed by atoms with Gasteiger partial charge >= 0.3 is 0 Å². The molecule has 0 aromatic carbocycles. The maximum atomic E-state index is 11.9. The van der Waals surface area contributed by atoms with Crippen molar-refractivity contribution in [2.45, 2.75) is 23.8 Å². The molecular weight excluding hydrogens is 328 g/mol. The van der Waals surface area contributed by atoms with Gasteiger partial charge in [-0.3, -0.25) is 14.6 Å². The number of primary amides is 1. The lowest BCUT2D eigenvalue weighted by Gasteiger charge is -2.30. The molecule has 2 aromatic rings. The van der Waals surface area contributed by atoms with Crippen LogP contribution in [0, 0.1) is 5.92 Å². The summed E-state index contributed by atoms with van der Waals surface area (Å²) in [4.78, 5) is 40.7. The maximum absolute atomic E-state index is 11.9. The molecule has 0 saturated carbocycles. The third-order valence-electron chi connectivity index (χ3n) is 3.87. The summed E-state index contributed by atoms with van der Waals surface area (Å²) in [6.07, 6.45) is 4.70. The average molecular weight is 346 g/mol. The quantitative estimate of drug-likeness (QED) is 0.599. The van der Waals surface area contributed by atoms with E-state index in [0.29, 0.717) is 48.5 Å². The monoisotopic (exact) mass is 346 g/mol. The summed E-state index contributed by atoms with van der Waals surface area (Å²) in [7, 11) is 0. The van der Waals surface area contributed by atoms with Gasteiger partial charge in [-0.25, -0.2) is 15.0 Å². The highest BCUT2D eigenvalue weighted by molar-refractivity contribution is 7.98. The fourth-order valence-corrected chi connectivity index (χ4v) is 3.29. The number of nitrogens with zero attached hydrogens (tertiary/aromatic N) is 4. The van der Waals surface area contributed by atoms with Crippen LogP contribution in [-0.4, -0.2) is 38.9 Å². The number of carbonyl (C=O) groups is 1.